The first kappa shape index (κ1) is 9.46. The number of carbonyl (C=O) groups excluding carboxylic acids is 1. The summed E-state index contributed by atoms with van der Waals surface area (Å²) in [5.74, 6) is 0. The fraction of sp³-hybridized carbons (Fsp3) is 0.700. The van der Waals surface area contributed by atoms with Crippen LogP contribution in [-0.2, 0) is 9.53 Å². The van der Waals surface area contributed by atoms with Crippen LogP contribution < -0.4 is 0 Å². The second-order valence-corrected chi connectivity index (χ2v) is 3.94. The SMILES string of the molecule is C=CC1(C)CCC(C)(CC=O)O1. The third-order valence-corrected chi connectivity index (χ3v) is 2.58. The summed E-state index contributed by atoms with van der Waals surface area (Å²) in [6.45, 7) is 7.72. The van der Waals surface area contributed by atoms with Crippen molar-refractivity contribution in [3.8, 4) is 0 Å². The Morgan fingerprint density at radius 2 is 2.17 bits per heavy atom. The van der Waals surface area contributed by atoms with E-state index in [1.807, 2.05) is 19.9 Å². The van der Waals surface area contributed by atoms with Crippen molar-refractivity contribution in [1.29, 1.82) is 0 Å². The lowest BCUT2D eigenvalue weighted by Crippen LogP contribution is -2.29. The van der Waals surface area contributed by atoms with Crippen molar-refractivity contribution in [3.05, 3.63) is 12.7 Å². The highest BCUT2D eigenvalue weighted by Gasteiger charge is 2.41. The molecular weight excluding hydrogens is 152 g/mol. The molecular formula is C10H16O2. The maximum absolute atomic E-state index is 10.4. The van der Waals surface area contributed by atoms with Crippen LogP contribution in [0.1, 0.15) is 33.1 Å². The minimum absolute atomic E-state index is 0.224. The molecule has 0 saturated carbocycles. The Kier molecular flexibility index (Phi) is 2.38. The van der Waals surface area contributed by atoms with Crippen LogP contribution in [0.3, 0.4) is 0 Å². The van der Waals surface area contributed by atoms with Crippen LogP contribution in [0.15, 0.2) is 12.7 Å². The molecule has 1 heterocycles. The van der Waals surface area contributed by atoms with Gasteiger partial charge in [-0.05, 0) is 26.7 Å². The highest BCUT2D eigenvalue weighted by atomic mass is 16.5. The molecule has 0 aliphatic carbocycles. The lowest BCUT2D eigenvalue weighted by atomic mass is 9.96. The van der Waals surface area contributed by atoms with Crippen molar-refractivity contribution in [1.82, 2.24) is 0 Å². The summed E-state index contributed by atoms with van der Waals surface area (Å²) >= 11 is 0. The monoisotopic (exact) mass is 168 g/mol. The second kappa shape index (κ2) is 3.02. The average Bonchev–Trinajstić information content (AvgIpc) is 2.30. The maximum Gasteiger partial charge on any atom is 0.122 e. The fourth-order valence-electron chi connectivity index (χ4n) is 1.64. The fourth-order valence-corrected chi connectivity index (χ4v) is 1.64. The number of ether oxygens (including phenoxy) is 1. The van der Waals surface area contributed by atoms with Crippen LogP contribution >= 0.6 is 0 Å². The minimum atomic E-state index is -0.259. The molecule has 2 heteroatoms. The van der Waals surface area contributed by atoms with Crippen LogP contribution in [0.5, 0.6) is 0 Å². The lowest BCUT2D eigenvalue weighted by Gasteiger charge is -2.26. The Hall–Kier alpha value is -0.630. The molecule has 2 unspecified atom stereocenters. The largest absolute Gasteiger partial charge is 0.365 e. The molecule has 1 aliphatic rings. The summed E-state index contributed by atoms with van der Waals surface area (Å²) in [7, 11) is 0. The molecule has 1 fully saturated rings. The van der Waals surface area contributed by atoms with Crippen molar-refractivity contribution in [3.63, 3.8) is 0 Å². The summed E-state index contributed by atoms with van der Waals surface area (Å²) in [4.78, 5) is 10.4. The molecule has 1 saturated heterocycles. The van der Waals surface area contributed by atoms with Crippen LogP contribution in [-0.4, -0.2) is 17.5 Å². The van der Waals surface area contributed by atoms with Crippen LogP contribution in [0.25, 0.3) is 0 Å². The van der Waals surface area contributed by atoms with E-state index in [2.05, 4.69) is 6.58 Å². The van der Waals surface area contributed by atoms with Gasteiger partial charge in [0.15, 0.2) is 0 Å². The van der Waals surface area contributed by atoms with Gasteiger partial charge in [-0.3, -0.25) is 0 Å². The smallest absolute Gasteiger partial charge is 0.122 e. The Labute approximate surface area is 73.6 Å². The Morgan fingerprint density at radius 3 is 2.58 bits per heavy atom. The summed E-state index contributed by atoms with van der Waals surface area (Å²) in [6.07, 6.45) is 5.13. The highest BCUT2D eigenvalue weighted by Crippen LogP contribution is 2.39. The van der Waals surface area contributed by atoms with Crippen molar-refractivity contribution >= 4 is 6.29 Å². The quantitative estimate of drug-likeness (QED) is 0.476. The lowest BCUT2D eigenvalue weighted by molar-refractivity contribution is -0.116. The second-order valence-electron chi connectivity index (χ2n) is 3.94. The summed E-state index contributed by atoms with van der Waals surface area (Å²) in [5.41, 5.74) is -0.484. The Morgan fingerprint density at radius 1 is 1.50 bits per heavy atom. The summed E-state index contributed by atoms with van der Waals surface area (Å²) in [6, 6.07) is 0. The third kappa shape index (κ3) is 1.75. The summed E-state index contributed by atoms with van der Waals surface area (Å²) in [5, 5.41) is 0. The number of aldehydes is 1. The number of carbonyl (C=O) groups is 1. The first-order valence-corrected chi connectivity index (χ1v) is 4.31. The van der Waals surface area contributed by atoms with Gasteiger partial charge >= 0.3 is 0 Å². The van der Waals surface area contributed by atoms with E-state index in [4.69, 9.17) is 4.74 Å². The molecule has 2 atom stereocenters. The van der Waals surface area contributed by atoms with Crippen molar-refractivity contribution in [2.45, 2.75) is 44.3 Å². The van der Waals surface area contributed by atoms with Gasteiger partial charge in [0, 0.05) is 6.42 Å². The van der Waals surface area contributed by atoms with E-state index in [0.717, 1.165) is 19.1 Å². The Balaban J connectivity index is 2.65. The van der Waals surface area contributed by atoms with Gasteiger partial charge in [0.1, 0.15) is 6.29 Å². The molecule has 0 aromatic heterocycles. The highest BCUT2D eigenvalue weighted by molar-refractivity contribution is 5.51. The molecule has 0 bridgehead atoms. The standard InChI is InChI=1S/C10H16O2/c1-4-9(2)5-6-10(3,12-9)7-8-11/h4,8H,1,5-7H2,2-3H3. The minimum Gasteiger partial charge on any atom is -0.365 e. The van der Waals surface area contributed by atoms with Crippen molar-refractivity contribution < 1.29 is 9.53 Å². The van der Waals surface area contributed by atoms with Gasteiger partial charge in [-0.15, -0.1) is 6.58 Å². The van der Waals surface area contributed by atoms with E-state index in [0.29, 0.717) is 6.42 Å². The maximum atomic E-state index is 10.4. The molecule has 0 N–H and O–H groups in total. The van der Waals surface area contributed by atoms with Gasteiger partial charge in [-0.1, -0.05) is 6.08 Å². The molecule has 0 spiro atoms. The van der Waals surface area contributed by atoms with E-state index < -0.39 is 0 Å². The predicted octanol–water partition coefficient (Wildman–Crippen LogP) is 2.09. The molecule has 0 radical (unpaired) electrons. The van der Waals surface area contributed by atoms with Crippen LogP contribution in [0, 0.1) is 0 Å². The topological polar surface area (TPSA) is 26.3 Å². The van der Waals surface area contributed by atoms with E-state index in [-0.39, 0.29) is 11.2 Å². The van der Waals surface area contributed by atoms with E-state index in [1.165, 1.54) is 0 Å². The number of rotatable bonds is 3. The zero-order valence-electron chi connectivity index (χ0n) is 7.80. The first-order valence-electron chi connectivity index (χ1n) is 4.31. The van der Waals surface area contributed by atoms with Crippen molar-refractivity contribution in [2.75, 3.05) is 0 Å². The van der Waals surface area contributed by atoms with E-state index >= 15 is 0 Å². The van der Waals surface area contributed by atoms with Gasteiger partial charge in [0.25, 0.3) is 0 Å². The number of hydrogen-bond donors (Lipinski definition) is 0. The van der Waals surface area contributed by atoms with Gasteiger partial charge in [0.05, 0.1) is 11.2 Å². The van der Waals surface area contributed by atoms with E-state index in [1.54, 1.807) is 0 Å². The van der Waals surface area contributed by atoms with Crippen LogP contribution in [0.4, 0.5) is 0 Å². The molecule has 68 valence electrons. The van der Waals surface area contributed by atoms with E-state index in [9.17, 15) is 4.79 Å². The third-order valence-electron chi connectivity index (χ3n) is 2.58. The summed E-state index contributed by atoms with van der Waals surface area (Å²) < 4.78 is 5.78. The van der Waals surface area contributed by atoms with Gasteiger partial charge in [0.2, 0.25) is 0 Å². The van der Waals surface area contributed by atoms with Crippen LogP contribution in [0.2, 0.25) is 0 Å². The zero-order valence-corrected chi connectivity index (χ0v) is 7.80. The van der Waals surface area contributed by atoms with Crippen molar-refractivity contribution in [2.24, 2.45) is 0 Å². The predicted molar refractivity (Wildman–Crippen MR) is 48.0 cm³/mol. The molecule has 12 heavy (non-hydrogen) atoms. The molecule has 2 nitrogen and oxygen atoms in total. The molecule has 1 rings (SSSR count). The normalized spacial score (nSPS) is 41.2. The average molecular weight is 168 g/mol. The first-order chi connectivity index (χ1) is 5.54. The Bertz CT molecular complexity index is 200. The molecule has 0 aromatic carbocycles. The molecule has 0 amide bonds. The number of hydrogen-bond acceptors (Lipinski definition) is 2. The van der Waals surface area contributed by atoms with Gasteiger partial charge in [-0.25, -0.2) is 0 Å². The zero-order chi connectivity index (χ0) is 9.24. The van der Waals surface area contributed by atoms with Gasteiger partial charge < -0.3 is 9.53 Å². The molecule has 0 aromatic rings. The molecule has 1 aliphatic heterocycles. The van der Waals surface area contributed by atoms with Gasteiger partial charge in [-0.2, -0.15) is 0 Å².